The van der Waals surface area contributed by atoms with Gasteiger partial charge in [0.1, 0.15) is 5.75 Å². The average Bonchev–Trinajstić information content (AvgIpc) is 2.97. The van der Waals surface area contributed by atoms with E-state index in [1.165, 1.54) is 0 Å². The van der Waals surface area contributed by atoms with Gasteiger partial charge in [0, 0.05) is 11.8 Å². The van der Waals surface area contributed by atoms with Crippen molar-refractivity contribution in [2.75, 3.05) is 5.32 Å². The fraction of sp³-hybridized carbons (Fsp3) is 0.158. The maximum atomic E-state index is 12.3. The molecule has 3 aromatic rings. The molecule has 1 N–H and O–H groups in total. The van der Waals surface area contributed by atoms with Crippen molar-refractivity contribution in [2.45, 2.75) is 20.0 Å². The Kier molecular flexibility index (Phi) is 4.61. The molecule has 0 bridgehead atoms. The normalized spacial score (nSPS) is 11.8. The summed E-state index contributed by atoms with van der Waals surface area (Å²) in [5.74, 6) is 0.958. The summed E-state index contributed by atoms with van der Waals surface area (Å²) >= 11 is 0. The molecule has 0 saturated carbocycles. The number of ether oxygens (including phenoxy) is 1. The van der Waals surface area contributed by atoms with Crippen molar-refractivity contribution in [2.24, 2.45) is 0 Å². The summed E-state index contributed by atoms with van der Waals surface area (Å²) in [4.78, 5) is 12.3. The molecule has 0 unspecified atom stereocenters. The standard InChI is InChI=1S/C19H19N3O2/c1-14-13-22(16-9-5-3-6-10-16)21-18(14)20-19(23)15(2)24-17-11-7-4-8-12-17/h3-13,15H,1-2H3,(H,20,21,23)/t15-/m0/s1. The number of amides is 1. The first-order chi connectivity index (χ1) is 11.6. The van der Waals surface area contributed by atoms with Gasteiger partial charge in [-0.2, -0.15) is 0 Å². The number of carbonyl (C=O) groups excluding carboxylic acids is 1. The van der Waals surface area contributed by atoms with Gasteiger partial charge in [-0.05, 0) is 38.1 Å². The van der Waals surface area contributed by atoms with Gasteiger partial charge in [-0.1, -0.05) is 36.4 Å². The molecular formula is C19H19N3O2. The lowest BCUT2D eigenvalue weighted by atomic mass is 10.3. The highest BCUT2D eigenvalue weighted by atomic mass is 16.5. The first kappa shape index (κ1) is 15.8. The van der Waals surface area contributed by atoms with E-state index in [4.69, 9.17) is 4.74 Å². The molecule has 0 aliphatic heterocycles. The third kappa shape index (κ3) is 3.63. The van der Waals surface area contributed by atoms with E-state index in [9.17, 15) is 4.79 Å². The summed E-state index contributed by atoms with van der Waals surface area (Å²) in [6.45, 7) is 3.62. The molecular weight excluding hydrogens is 302 g/mol. The second kappa shape index (κ2) is 7.00. The van der Waals surface area contributed by atoms with Crippen LogP contribution in [0, 0.1) is 6.92 Å². The number of hydrogen-bond donors (Lipinski definition) is 1. The van der Waals surface area contributed by atoms with E-state index in [-0.39, 0.29) is 5.91 Å². The molecule has 1 heterocycles. The zero-order valence-corrected chi connectivity index (χ0v) is 13.6. The number of benzene rings is 2. The number of anilines is 1. The fourth-order valence-electron chi connectivity index (χ4n) is 2.27. The summed E-state index contributed by atoms with van der Waals surface area (Å²) in [6.07, 6.45) is 1.27. The van der Waals surface area contributed by atoms with E-state index in [2.05, 4.69) is 10.4 Å². The van der Waals surface area contributed by atoms with Gasteiger partial charge in [-0.25, -0.2) is 4.68 Å². The Bertz CT molecular complexity index is 813. The first-order valence-electron chi connectivity index (χ1n) is 7.78. The van der Waals surface area contributed by atoms with E-state index in [0.29, 0.717) is 11.6 Å². The van der Waals surface area contributed by atoms with Crippen molar-refractivity contribution in [1.29, 1.82) is 0 Å². The van der Waals surface area contributed by atoms with Crippen LogP contribution >= 0.6 is 0 Å². The number of carbonyl (C=O) groups is 1. The van der Waals surface area contributed by atoms with Gasteiger partial charge in [-0.15, -0.1) is 5.10 Å². The summed E-state index contributed by atoms with van der Waals surface area (Å²) in [7, 11) is 0. The molecule has 0 saturated heterocycles. The SMILES string of the molecule is Cc1cn(-c2ccccc2)nc1NC(=O)[C@H](C)Oc1ccccc1. The van der Waals surface area contributed by atoms with Gasteiger partial charge in [0.05, 0.1) is 5.69 Å². The van der Waals surface area contributed by atoms with Crippen LogP contribution in [0.4, 0.5) is 5.82 Å². The smallest absolute Gasteiger partial charge is 0.266 e. The van der Waals surface area contributed by atoms with Crippen LogP contribution in [0.25, 0.3) is 5.69 Å². The second-order valence-corrected chi connectivity index (χ2v) is 5.50. The van der Waals surface area contributed by atoms with Crippen LogP contribution in [0.2, 0.25) is 0 Å². The van der Waals surface area contributed by atoms with E-state index < -0.39 is 6.10 Å². The van der Waals surface area contributed by atoms with Gasteiger partial charge < -0.3 is 10.1 Å². The zero-order valence-electron chi connectivity index (χ0n) is 13.6. The quantitative estimate of drug-likeness (QED) is 0.781. The van der Waals surface area contributed by atoms with Gasteiger partial charge in [0.15, 0.2) is 11.9 Å². The van der Waals surface area contributed by atoms with Crippen LogP contribution in [0.1, 0.15) is 12.5 Å². The minimum Gasteiger partial charge on any atom is -0.481 e. The first-order valence-corrected chi connectivity index (χ1v) is 7.78. The van der Waals surface area contributed by atoms with Crippen molar-refractivity contribution >= 4 is 11.7 Å². The maximum absolute atomic E-state index is 12.3. The molecule has 0 fully saturated rings. The third-order valence-electron chi connectivity index (χ3n) is 3.58. The highest BCUT2D eigenvalue weighted by Gasteiger charge is 2.17. The molecule has 122 valence electrons. The van der Waals surface area contributed by atoms with E-state index in [1.54, 1.807) is 11.6 Å². The summed E-state index contributed by atoms with van der Waals surface area (Å²) in [5, 5.41) is 7.26. The minimum absolute atomic E-state index is 0.236. The number of rotatable bonds is 5. The number of aryl methyl sites for hydroxylation is 1. The molecule has 0 radical (unpaired) electrons. The Balaban J connectivity index is 1.69. The number of aromatic nitrogens is 2. The molecule has 2 aromatic carbocycles. The lowest BCUT2D eigenvalue weighted by Gasteiger charge is -2.14. The highest BCUT2D eigenvalue weighted by Crippen LogP contribution is 2.17. The predicted octanol–water partition coefficient (Wildman–Crippen LogP) is 3.59. The number of nitrogens with zero attached hydrogens (tertiary/aromatic N) is 2. The molecule has 5 heteroatoms. The Morgan fingerprint density at radius 1 is 1.08 bits per heavy atom. The van der Waals surface area contributed by atoms with Gasteiger partial charge in [0.2, 0.25) is 0 Å². The molecule has 1 amide bonds. The minimum atomic E-state index is -0.617. The van der Waals surface area contributed by atoms with Gasteiger partial charge >= 0.3 is 0 Å². The Labute approximate surface area is 140 Å². The highest BCUT2D eigenvalue weighted by molar-refractivity contribution is 5.93. The fourth-order valence-corrected chi connectivity index (χ4v) is 2.27. The summed E-state index contributed by atoms with van der Waals surface area (Å²) in [5.41, 5.74) is 1.83. The molecule has 3 rings (SSSR count). The maximum Gasteiger partial charge on any atom is 0.266 e. The number of nitrogens with one attached hydrogen (secondary N) is 1. The van der Waals surface area contributed by atoms with Crippen LogP contribution in [0.3, 0.4) is 0 Å². The van der Waals surface area contributed by atoms with Crippen molar-refractivity contribution in [3.05, 3.63) is 72.4 Å². The van der Waals surface area contributed by atoms with E-state index in [1.807, 2.05) is 73.8 Å². The summed E-state index contributed by atoms with van der Waals surface area (Å²) < 4.78 is 7.38. The van der Waals surface area contributed by atoms with Crippen molar-refractivity contribution < 1.29 is 9.53 Å². The Hall–Kier alpha value is -3.08. The average molecular weight is 321 g/mol. The molecule has 0 aliphatic carbocycles. The largest absolute Gasteiger partial charge is 0.481 e. The van der Waals surface area contributed by atoms with Crippen molar-refractivity contribution in [3.63, 3.8) is 0 Å². The molecule has 1 aromatic heterocycles. The summed E-state index contributed by atoms with van der Waals surface area (Å²) in [6, 6.07) is 19.0. The molecule has 0 spiro atoms. The lowest BCUT2D eigenvalue weighted by Crippen LogP contribution is -2.30. The predicted molar refractivity (Wildman–Crippen MR) is 93.5 cm³/mol. The van der Waals surface area contributed by atoms with E-state index in [0.717, 1.165) is 11.3 Å². The number of hydrogen-bond acceptors (Lipinski definition) is 3. The Morgan fingerprint density at radius 2 is 1.71 bits per heavy atom. The zero-order chi connectivity index (χ0) is 16.9. The van der Waals surface area contributed by atoms with Crippen LogP contribution < -0.4 is 10.1 Å². The molecule has 0 aliphatic rings. The second-order valence-electron chi connectivity index (χ2n) is 5.50. The van der Waals surface area contributed by atoms with Gasteiger partial charge in [0.25, 0.3) is 5.91 Å². The van der Waals surface area contributed by atoms with Crippen LogP contribution in [0.15, 0.2) is 66.9 Å². The van der Waals surface area contributed by atoms with Crippen molar-refractivity contribution in [1.82, 2.24) is 9.78 Å². The van der Waals surface area contributed by atoms with Crippen LogP contribution in [-0.4, -0.2) is 21.8 Å². The third-order valence-corrected chi connectivity index (χ3v) is 3.58. The van der Waals surface area contributed by atoms with Crippen LogP contribution in [-0.2, 0) is 4.79 Å². The lowest BCUT2D eigenvalue weighted by molar-refractivity contribution is -0.122. The van der Waals surface area contributed by atoms with Crippen LogP contribution in [0.5, 0.6) is 5.75 Å². The molecule has 5 nitrogen and oxygen atoms in total. The number of para-hydroxylation sites is 2. The topological polar surface area (TPSA) is 56.2 Å². The monoisotopic (exact) mass is 321 g/mol. The van der Waals surface area contributed by atoms with E-state index >= 15 is 0 Å². The Morgan fingerprint density at radius 3 is 2.38 bits per heavy atom. The van der Waals surface area contributed by atoms with Crippen molar-refractivity contribution in [3.8, 4) is 11.4 Å². The molecule has 24 heavy (non-hydrogen) atoms. The molecule has 1 atom stereocenters. The van der Waals surface area contributed by atoms with Gasteiger partial charge in [-0.3, -0.25) is 4.79 Å².